The summed E-state index contributed by atoms with van der Waals surface area (Å²) in [6, 6.07) is 74.3. The Morgan fingerprint density at radius 3 is 1.64 bits per heavy atom. The van der Waals surface area contributed by atoms with Gasteiger partial charge in [-0.05, 0) is 68.8 Å². The van der Waals surface area contributed by atoms with Crippen LogP contribution in [-0.4, -0.2) is 24.9 Å². The molecule has 14 rings (SSSR count). The van der Waals surface area contributed by atoms with E-state index in [2.05, 4.69) is 133 Å². The van der Waals surface area contributed by atoms with Gasteiger partial charge in [0.2, 0.25) is 0 Å². The molecule has 3 aromatic heterocycles. The second kappa shape index (κ2) is 14.1. The van der Waals surface area contributed by atoms with Crippen molar-refractivity contribution in [3.63, 3.8) is 0 Å². The van der Waals surface area contributed by atoms with Crippen LogP contribution in [0, 0.1) is 0 Å². The maximum atomic E-state index is 6.61. The van der Waals surface area contributed by atoms with Crippen LogP contribution in [0.25, 0.3) is 112 Å². The molecule has 306 valence electrons. The zero-order valence-electron chi connectivity index (χ0n) is 35.4. The third-order valence-corrected chi connectivity index (χ3v) is 13.6. The van der Waals surface area contributed by atoms with E-state index in [1.165, 1.54) is 33.4 Å². The predicted octanol–water partition coefficient (Wildman–Crippen LogP) is 14.4. The SMILES string of the molecule is c1ccc(-c2nc(-c3ccccc3)nc(-c3ccc4c(c3)C3(c5ccccc5-4)c4ccccc4-c4c(-c5nc(-c6cccc7c6oc6ccccc67)c6ccccc6n5)cccc43)n2)cc1. The maximum absolute atomic E-state index is 6.61. The first kappa shape index (κ1) is 36.6. The molecule has 0 fully saturated rings. The minimum atomic E-state index is -0.652. The van der Waals surface area contributed by atoms with Crippen LogP contribution >= 0.6 is 0 Å². The van der Waals surface area contributed by atoms with Gasteiger partial charge in [0, 0.05) is 44.0 Å². The molecule has 6 nitrogen and oxygen atoms in total. The predicted molar refractivity (Wildman–Crippen MR) is 264 cm³/mol. The molecule has 3 heterocycles. The van der Waals surface area contributed by atoms with E-state index in [-0.39, 0.29) is 0 Å². The second-order valence-electron chi connectivity index (χ2n) is 17.1. The fraction of sp³-hybridized carbons (Fsp3) is 0.0167. The Bertz CT molecular complexity index is 3900. The quantitative estimate of drug-likeness (QED) is 0.172. The Kier molecular flexibility index (Phi) is 7.80. The van der Waals surface area contributed by atoms with Gasteiger partial charge in [-0.2, -0.15) is 0 Å². The molecule has 0 amide bonds. The summed E-state index contributed by atoms with van der Waals surface area (Å²) in [4.78, 5) is 26.3. The van der Waals surface area contributed by atoms with Crippen LogP contribution in [0.1, 0.15) is 22.3 Å². The summed E-state index contributed by atoms with van der Waals surface area (Å²) in [5.74, 6) is 2.54. The van der Waals surface area contributed by atoms with Gasteiger partial charge in [0.1, 0.15) is 11.2 Å². The molecule has 0 aliphatic heterocycles. The van der Waals surface area contributed by atoms with Crippen LogP contribution in [0.4, 0.5) is 0 Å². The van der Waals surface area contributed by atoms with Crippen molar-refractivity contribution in [1.29, 1.82) is 0 Å². The van der Waals surface area contributed by atoms with Crippen molar-refractivity contribution in [2.45, 2.75) is 5.41 Å². The van der Waals surface area contributed by atoms with Gasteiger partial charge in [0.05, 0.1) is 16.6 Å². The van der Waals surface area contributed by atoms with Gasteiger partial charge >= 0.3 is 0 Å². The summed E-state index contributed by atoms with van der Waals surface area (Å²) in [5.41, 5.74) is 16.9. The molecule has 2 aliphatic carbocycles. The standard InChI is InChI=1S/C60H35N5O/c1-3-17-36(18-4-1)56-63-57(37-19-5-2-6-20-37)65-58(64-56)38-33-34-40-39-21-7-11-28-47(39)60(50(40)35-38)48-29-12-8-23-43(48)53-45(26-16-30-49(53)60)59-61-51-31-13-9-24-44(51)54(62-59)46-27-15-25-42-41-22-10-14-32-52(41)66-55(42)46/h1-35H. The van der Waals surface area contributed by atoms with Crippen molar-refractivity contribution < 1.29 is 4.42 Å². The van der Waals surface area contributed by atoms with Crippen LogP contribution in [0.15, 0.2) is 217 Å². The van der Waals surface area contributed by atoms with Crippen LogP contribution in [0.5, 0.6) is 0 Å². The molecule has 66 heavy (non-hydrogen) atoms. The molecule has 0 saturated carbocycles. The Hall–Kier alpha value is -8.87. The maximum Gasteiger partial charge on any atom is 0.164 e. The number of aromatic nitrogens is 5. The Morgan fingerprint density at radius 1 is 0.318 bits per heavy atom. The molecular formula is C60H35N5O. The normalized spacial score (nSPS) is 14.4. The summed E-state index contributed by atoms with van der Waals surface area (Å²) < 4.78 is 6.61. The highest BCUT2D eigenvalue weighted by atomic mass is 16.3. The summed E-state index contributed by atoms with van der Waals surface area (Å²) in [5, 5.41) is 3.11. The van der Waals surface area contributed by atoms with Crippen LogP contribution in [0.2, 0.25) is 0 Å². The third-order valence-electron chi connectivity index (χ3n) is 13.6. The summed E-state index contributed by atoms with van der Waals surface area (Å²) in [6.45, 7) is 0. The summed E-state index contributed by atoms with van der Waals surface area (Å²) in [7, 11) is 0. The molecule has 0 saturated heterocycles. The minimum absolute atomic E-state index is 0.619. The smallest absolute Gasteiger partial charge is 0.164 e. The highest BCUT2D eigenvalue weighted by molar-refractivity contribution is 6.11. The number of benzene rings is 9. The van der Waals surface area contributed by atoms with E-state index in [0.717, 1.165) is 77.5 Å². The average Bonchev–Trinajstić information content (AvgIpc) is 4.03. The lowest BCUT2D eigenvalue weighted by molar-refractivity contribution is 0.670. The lowest BCUT2D eigenvalue weighted by Gasteiger charge is -2.30. The molecule has 1 spiro atoms. The number of furan rings is 1. The third kappa shape index (κ3) is 5.21. The molecule has 0 radical (unpaired) electrons. The lowest BCUT2D eigenvalue weighted by atomic mass is 9.70. The zero-order valence-corrected chi connectivity index (χ0v) is 35.4. The molecule has 6 heteroatoms. The highest BCUT2D eigenvalue weighted by Crippen LogP contribution is 2.64. The Morgan fingerprint density at radius 2 is 0.864 bits per heavy atom. The number of hydrogen-bond donors (Lipinski definition) is 0. The van der Waals surface area contributed by atoms with E-state index >= 15 is 0 Å². The summed E-state index contributed by atoms with van der Waals surface area (Å²) in [6.07, 6.45) is 0. The second-order valence-corrected chi connectivity index (χ2v) is 17.1. The fourth-order valence-electron chi connectivity index (χ4n) is 10.8. The van der Waals surface area contributed by atoms with Gasteiger partial charge in [-0.1, -0.05) is 188 Å². The van der Waals surface area contributed by atoms with E-state index < -0.39 is 5.41 Å². The molecule has 0 N–H and O–H groups in total. The van der Waals surface area contributed by atoms with Crippen molar-refractivity contribution in [2.24, 2.45) is 0 Å². The number of para-hydroxylation sites is 3. The molecule has 0 bridgehead atoms. The van der Waals surface area contributed by atoms with Crippen LogP contribution < -0.4 is 0 Å². The van der Waals surface area contributed by atoms with Gasteiger partial charge in [0.15, 0.2) is 23.3 Å². The van der Waals surface area contributed by atoms with Crippen LogP contribution in [-0.2, 0) is 5.41 Å². The minimum Gasteiger partial charge on any atom is -0.455 e. The zero-order chi connectivity index (χ0) is 43.3. The van der Waals surface area contributed by atoms with Crippen molar-refractivity contribution in [3.05, 3.63) is 235 Å². The van der Waals surface area contributed by atoms with Gasteiger partial charge in [0.25, 0.3) is 0 Å². The van der Waals surface area contributed by atoms with Crippen molar-refractivity contribution in [3.8, 4) is 79.1 Å². The lowest BCUT2D eigenvalue weighted by Crippen LogP contribution is -2.26. The van der Waals surface area contributed by atoms with Gasteiger partial charge in [-0.3, -0.25) is 0 Å². The Balaban J connectivity index is 1.01. The van der Waals surface area contributed by atoms with Gasteiger partial charge in [-0.25, -0.2) is 24.9 Å². The molecule has 1 unspecified atom stereocenters. The highest BCUT2D eigenvalue weighted by Gasteiger charge is 2.52. The number of fused-ring (bicyclic) bond motifs is 14. The summed E-state index contributed by atoms with van der Waals surface area (Å²) >= 11 is 0. The molecule has 2 aliphatic rings. The van der Waals surface area contributed by atoms with Crippen molar-refractivity contribution >= 4 is 32.8 Å². The number of nitrogens with zero attached hydrogens (tertiary/aromatic N) is 5. The van der Waals surface area contributed by atoms with E-state index in [1.54, 1.807) is 0 Å². The first-order valence-electron chi connectivity index (χ1n) is 22.3. The van der Waals surface area contributed by atoms with E-state index in [1.807, 2.05) is 78.9 Å². The van der Waals surface area contributed by atoms with Gasteiger partial charge < -0.3 is 4.42 Å². The first-order valence-corrected chi connectivity index (χ1v) is 22.3. The fourth-order valence-corrected chi connectivity index (χ4v) is 10.8. The van der Waals surface area contributed by atoms with E-state index in [0.29, 0.717) is 23.3 Å². The molecular weight excluding hydrogens is 807 g/mol. The Labute approximate surface area is 379 Å². The molecule has 12 aromatic rings. The number of hydrogen-bond acceptors (Lipinski definition) is 6. The first-order chi connectivity index (χ1) is 32.7. The monoisotopic (exact) mass is 841 g/mol. The van der Waals surface area contributed by atoms with Crippen LogP contribution in [0.3, 0.4) is 0 Å². The topological polar surface area (TPSA) is 77.6 Å². The van der Waals surface area contributed by atoms with Crippen molar-refractivity contribution in [1.82, 2.24) is 24.9 Å². The van der Waals surface area contributed by atoms with E-state index in [4.69, 9.17) is 29.3 Å². The number of rotatable bonds is 5. The van der Waals surface area contributed by atoms with Gasteiger partial charge in [-0.15, -0.1) is 0 Å². The molecule has 9 aromatic carbocycles. The molecule has 1 atom stereocenters. The largest absolute Gasteiger partial charge is 0.455 e. The average molecular weight is 842 g/mol. The van der Waals surface area contributed by atoms with Crippen molar-refractivity contribution in [2.75, 3.05) is 0 Å². The van der Waals surface area contributed by atoms with E-state index in [9.17, 15) is 0 Å².